The molecule has 0 bridgehead atoms. The van der Waals surface area contributed by atoms with E-state index in [0.717, 1.165) is 0 Å². The predicted octanol–water partition coefficient (Wildman–Crippen LogP) is 1.35. The van der Waals surface area contributed by atoms with Crippen LogP contribution in [0.25, 0.3) is 0 Å². The molecule has 1 aromatic heterocycles. The monoisotopic (exact) mass is 267 g/mol. The summed E-state index contributed by atoms with van der Waals surface area (Å²) in [6, 6.07) is 1.75. The van der Waals surface area contributed by atoms with Gasteiger partial charge in [0.05, 0.1) is 0 Å². The molecule has 1 N–H and O–H groups in total. The van der Waals surface area contributed by atoms with Gasteiger partial charge in [-0.15, -0.1) is 0 Å². The summed E-state index contributed by atoms with van der Waals surface area (Å²) in [7, 11) is -0.505. The molecule has 0 atom stereocenters. The molecule has 0 saturated heterocycles. The zero-order chi connectivity index (χ0) is 13.7. The van der Waals surface area contributed by atoms with Gasteiger partial charge in [-0.25, -0.2) is 8.42 Å². The fourth-order valence-corrected chi connectivity index (χ4v) is 3.53. The van der Waals surface area contributed by atoms with E-state index in [2.05, 4.69) is 5.32 Å². The molecule has 1 aliphatic rings. The van der Waals surface area contributed by atoms with Crippen molar-refractivity contribution >= 4 is 15.7 Å². The van der Waals surface area contributed by atoms with E-state index in [1.165, 1.54) is 4.90 Å². The van der Waals surface area contributed by atoms with E-state index in [-0.39, 0.29) is 21.5 Å². The maximum Gasteiger partial charge on any atom is 0.225 e. The van der Waals surface area contributed by atoms with Crippen LogP contribution in [0.3, 0.4) is 0 Å². The number of anilines is 1. The Bertz CT molecular complexity index is 690. The van der Waals surface area contributed by atoms with E-state index in [1.807, 2.05) is 0 Å². The van der Waals surface area contributed by atoms with E-state index >= 15 is 0 Å². The lowest BCUT2D eigenvalue weighted by Crippen LogP contribution is -2.27. The van der Waals surface area contributed by atoms with E-state index in [0.29, 0.717) is 11.3 Å². The van der Waals surface area contributed by atoms with Crippen LogP contribution in [0.1, 0.15) is 11.3 Å². The number of nitrogens with one attached hydrogen (secondary N) is 1. The lowest BCUT2D eigenvalue weighted by molar-refractivity contribution is 0.491. The maximum absolute atomic E-state index is 12.4. The Morgan fingerprint density at radius 1 is 1.33 bits per heavy atom. The molecule has 0 unspecified atom stereocenters. The van der Waals surface area contributed by atoms with Crippen molar-refractivity contribution in [2.24, 2.45) is 0 Å². The van der Waals surface area contributed by atoms with Crippen molar-refractivity contribution in [1.82, 2.24) is 4.90 Å². The van der Waals surface area contributed by atoms with Gasteiger partial charge in [0.15, 0.2) is 4.91 Å². The minimum Gasteiger partial charge on any atom is -0.444 e. The molecule has 96 valence electrons. The van der Waals surface area contributed by atoms with Crippen LogP contribution in [-0.2, 0) is 9.84 Å². The van der Waals surface area contributed by atoms with Crippen LogP contribution in [0.2, 0.25) is 0 Å². The first-order chi connectivity index (χ1) is 8.30. The number of rotatable bonds is 1. The first-order valence-corrected chi connectivity index (χ1v) is 6.72. The fourth-order valence-electron chi connectivity index (χ4n) is 1.83. The predicted molar refractivity (Wildman–Crippen MR) is 65.3 cm³/mol. The summed E-state index contributed by atoms with van der Waals surface area (Å²) in [5.41, 5.74) is 0.531. The van der Waals surface area contributed by atoms with Gasteiger partial charge in [-0.05, 0) is 13.8 Å². The molecule has 2 rings (SSSR count). The SMILES string of the molecule is Cc1oc2c(c1C)S(=O)(=O)C(C#N)=C(N(C)C)N2. The Balaban J connectivity index is 2.81. The molecule has 0 saturated carbocycles. The highest BCUT2D eigenvalue weighted by Crippen LogP contribution is 2.39. The molecule has 6 nitrogen and oxygen atoms in total. The van der Waals surface area contributed by atoms with Gasteiger partial charge in [-0.3, -0.25) is 0 Å². The molecule has 0 aromatic carbocycles. The van der Waals surface area contributed by atoms with E-state index < -0.39 is 9.84 Å². The molecule has 1 aromatic rings. The second kappa shape index (κ2) is 3.78. The number of furan rings is 1. The molecule has 7 heteroatoms. The van der Waals surface area contributed by atoms with E-state index in [1.54, 1.807) is 34.0 Å². The van der Waals surface area contributed by atoms with Crippen LogP contribution < -0.4 is 5.32 Å². The summed E-state index contributed by atoms with van der Waals surface area (Å²) in [5, 5.41) is 11.9. The molecule has 0 aliphatic carbocycles. The Kier molecular flexibility index (Phi) is 2.63. The topological polar surface area (TPSA) is 86.3 Å². The average Bonchev–Trinajstić information content (AvgIpc) is 2.54. The molecular weight excluding hydrogens is 254 g/mol. The molecule has 0 spiro atoms. The number of hydrogen-bond acceptors (Lipinski definition) is 6. The minimum absolute atomic E-state index is 0.0575. The van der Waals surface area contributed by atoms with Crippen LogP contribution in [0.5, 0.6) is 0 Å². The summed E-state index contributed by atoms with van der Waals surface area (Å²) in [4.78, 5) is 1.30. The number of allylic oxidation sites excluding steroid dienone is 1. The third kappa shape index (κ3) is 1.49. The van der Waals surface area contributed by atoms with Crippen LogP contribution >= 0.6 is 0 Å². The Hall–Kier alpha value is -1.94. The third-order valence-electron chi connectivity index (χ3n) is 2.86. The van der Waals surface area contributed by atoms with Crippen molar-refractivity contribution in [2.45, 2.75) is 18.7 Å². The average molecular weight is 267 g/mol. The minimum atomic E-state index is -3.82. The number of fused-ring (bicyclic) bond motifs is 1. The van der Waals surface area contributed by atoms with Crippen LogP contribution in [-0.4, -0.2) is 27.4 Å². The van der Waals surface area contributed by atoms with Crippen LogP contribution in [0.15, 0.2) is 20.0 Å². The van der Waals surface area contributed by atoms with Gasteiger partial charge in [0, 0.05) is 19.7 Å². The summed E-state index contributed by atoms with van der Waals surface area (Å²) in [6.45, 7) is 3.35. The summed E-state index contributed by atoms with van der Waals surface area (Å²) in [5.74, 6) is 0.917. The van der Waals surface area contributed by atoms with E-state index in [4.69, 9.17) is 9.68 Å². The first-order valence-electron chi connectivity index (χ1n) is 5.24. The summed E-state index contributed by atoms with van der Waals surface area (Å²) < 4.78 is 30.1. The number of nitrogens with zero attached hydrogens (tertiary/aromatic N) is 2. The molecule has 1 aliphatic heterocycles. The van der Waals surface area contributed by atoms with E-state index in [9.17, 15) is 8.42 Å². The lowest BCUT2D eigenvalue weighted by atomic mass is 10.3. The van der Waals surface area contributed by atoms with Gasteiger partial charge in [-0.2, -0.15) is 5.26 Å². The third-order valence-corrected chi connectivity index (χ3v) is 4.71. The van der Waals surface area contributed by atoms with Crippen LogP contribution in [0, 0.1) is 25.2 Å². The molecule has 0 fully saturated rings. The first kappa shape index (κ1) is 12.5. The fraction of sp³-hybridized carbons (Fsp3) is 0.364. The molecule has 0 amide bonds. The Morgan fingerprint density at radius 3 is 2.44 bits per heavy atom. The second-order valence-electron chi connectivity index (χ2n) is 4.25. The Labute approximate surface area is 105 Å². The number of nitriles is 1. The van der Waals surface area contributed by atoms with Gasteiger partial charge >= 0.3 is 0 Å². The zero-order valence-electron chi connectivity index (χ0n) is 10.5. The van der Waals surface area contributed by atoms with Gasteiger partial charge in [0.1, 0.15) is 22.5 Å². The quantitative estimate of drug-likeness (QED) is 0.826. The maximum atomic E-state index is 12.4. The van der Waals surface area contributed by atoms with Crippen LogP contribution in [0.4, 0.5) is 5.88 Å². The number of sulfone groups is 1. The highest BCUT2D eigenvalue weighted by Gasteiger charge is 2.38. The van der Waals surface area contributed by atoms with Crippen molar-refractivity contribution in [3.05, 3.63) is 22.0 Å². The largest absolute Gasteiger partial charge is 0.444 e. The van der Waals surface area contributed by atoms with Crippen molar-refractivity contribution in [2.75, 3.05) is 19.4 Å². The number of aryl methyl sites for hydroxylation is 1. The molecular formula is C11H13N3O3S. The highest BCUT2D eigenvalue weighted by atomic mass is 32.2. The second-order valence-corrected chi connectivity index (χ2v) is 6.08. The zero-order valence-corrected chi connectivity index (χ0v) is 11.3. The highest BCUT2D eigenvalue weighted by molar-refractivity contribution is 7.95. The lowest BCUT2D eigenvalue weighted by Gasteiger charge is -2.23. The normalized spacial score (nSPS) is 16.8. The summed E-state index contributed by atoms with van der Waals surface area (Å²) >= 11 is 0. The van der Waals surface area contributed by atoms with Crippen molar-refractivity contribution < 1.29 is 12.8 Å². The smallest absolute Gasteiger partial charge is 0.225 e. The molecule has 0 radical (unpaired) electrons. The van der Waals surface area contributed by atoms with Crippen molar-refractivity contribution in [1.29, 1.82) is 5.26 Å². The van der Waals surface area contributed by atoms with Crippen molar-refractivity contribution in [3.8, 4) is 6.07 Å². The van der Waals surface area contributed by atoms with Gasteiger partial charge in [0.2, 0.25) is 15.7 Å². The van der Waals surface area contributed by atoms with Gasteiger partial charge in [-0.1, -0.05) is 0 Å². The molecule has 18 heavy (non-hydrogen) atoms. The summed E-state index contributed by atoms with van der Waals surface area (Å²) in [6.07, 6.45) is 0. The number of hydrogen-bond donors (Lipinski definition) is 1. The van der Waals surface area contributed by atoms with Gasteiger partial charge < -0.3 is 14.6 Å². The standard InChI is InChI=1S/C11H13N3O3S/c1-6-7(2)17-11-9(6)18(15,16)8(5-12)10(13-11)14(3)4/h13H,1-4H3. The van der Waals surface area contributed by atoms with Crippen molar-refractivity contribution in [3.63, 3.8) is 0 Å². The Morgan fingerprint density at radius 2 is 1.94 bits per heavy atom. The van der Waals surface area contributed by atoms with Gasteiger partial charge in [0.25, 0.3) is 0 Å². The molecule has 2 heterocycles.